The Bertz CT molecular complexity index is 1040. The molecule has 0 radical (unpaired) electrons. The smallest absolute Gasteiger partial charge is 0.264 e. The van der Waals surface area contributed by atoms with Gasteiger partial charge in [0, 0.05) is 11.9 Å². The Hall–Kier alpha value is -2.57. The number of para-hydroxylation sites is 1. The van der Waals surface area contributed by atoms with Crippen LogP contribution in [0.1, 0.15) is 14.7 Å². The lowest BCUT2D eigenvalue weighted by atomic mass is 10.2. The van der Waals surface area contributed by atoms with E-state index < -0.39 is 0 Å². The first-order valence-corrected chi connectivity index (χ1v) is 9.69. The normalized spacial score (nSPS) is 11.0. The molecular weight excluding hydrogens is 367 g/mol. The Morgan fingerprint density at radius 3 is 2.58 bits per heavy atom. The second kappa shape index (κ2) is 6.97. The number of fused-ring (bicyclic) bond motifs is 1. The Morgan fingerprint density at radius 1 is 1.04 bits per heavy atom. The Balaban J connectivity index is 1.50. The van der Waals surface area contributed by atoms with Crippen molar-refractivity contribution in [3.8, 4) is 10.4 Å². The van der Waals surface area contributed by atoms with Crippen LogP contribution in [0.25, 0.3) is 20.7 Å². The molecule has 3 nitrogen and oxygen atoms in total. The van der Waals surface area contributed by atoms with Gasteiger partial charge in [0.2, 0.25) is 0 Å². The third-order valence-corrected chi connectivity index (χ3v) is 6.15. The van der Waals surface area contributed by atoms with Crippen LogP contribution in [0.2, 0.25) is 0 Å². The van der Waals surface area contributed by atoms with Crippen LogP contribution in [0.5, 0.6) is 0 Å². The van der Waals surface area contributed by atoms with E-state index in [1.807, 2.05) is 36.4 Å². The maximum Gasteiger partial charge on any atom is 0.264 e. The number of amides is 1. The molecule has 0 fully saturated rings. The van der Waals surface area contributed by atoms with Gasteiger partial charge in [-0.2, -0.15) is 0 Å². The predicted octanol–water partition coefficient (Wildman–Crippen LogP) is 5.44. The third-order valence-electron chi connectivity index (χ3n) is 4.00. The van der Waals surface area contributed by atoms with Crippen molar-refractivity contribution in [3.63, 3.8) is 0 Å². The summed E-state index contributed by atoms with van der Waals surface area (Å²) >= 11 is 3.02. The Labute approximate surface area is 158 Å². The van der Waals surface area contributed by atoms with Crippen LogP contribution in [0.4, 0.5) is 4.39 Å². The summed E-state index contributed by atoms with van der Waals surface area (Å²) in [6.07, 6.45) is 0. The fourth-order valence-corrected chi connectivity index (χ4v) is 4.70. The number of hydrogen-bond donors (Lipinski definition) is 0. The quantitative estimate of drug-likeness (QED) is 0.471. The number of carbonyl (C=O) groups is 1. The summed E-state index contributed by atoms with van der Waals surface area (Å²) in [6, 6.07) is 18.0. The molecule has 4 aromatic rings. The number of carbonyl (C=O) groups excluding carboxylic acids is 1. The molecule has 0 aliphatic rings. The first kappa shape index (κ1) is 16.9. The Kier molecular flexibility index (Phi) is 4.53. The zero-order valence-electron chi connectivity index (χ0n) is 14.0. The summed E-state index contributed by atoms with van der Waals surface area (Å²) in [5.74, 6) is -0.306. The van der Waals surface area contributed by atoms with Gasteiger partial charge in [0.05, 0.1) is 21.6 Å². The fraction of sp³-hybridized carbons (Fsp3) is 0.100. The van der Waals surface area contributed by atoms with E-state index in [2.05, 4.69) is 4.98 Å². The SMILES string of the molecule is CN(Cc1nc2ccccc2s1)C(=O)c1ccc(-c2ccc(F)cc2)s1. The van der Waals surface area contributed by atoms with Crippen LogP contribution in [0, 0.1) is 5.82 Å². The fourth-order valence-electron chi connectivity index (χ4n) is 2.67. The van der Waals surface area contributed by atoms with Crippen LogP contribution in [-0.4, -0.2) is 22.8 Å². The van der Waals surface area contributed by atoms with Gasteiger partial charge in [0.25, 0.3) is 5.91 Å². The van der Waals surface area contributed by atoms with Crippen molar-refractivity contribution in [2.45, 2.75) is 6.54 Å². The molecule has 2 aromatic carbocycles. The molecule has 0 unspecified atom stereocenters. The van der Waals surface area contributed by atoms with Crippen molar-refractivity contribution < 1.29 is 9.18 Å². The third kappa shape index (κ3) is 3.38. The number of thiazole rings is 1. The average Bonchev–Trinajstić information content (AvgIpc) is 3.28. The lowest BCUT2D eigenvalue weighted by Crippen LogP contribution is -2.25. The molecule has 4 rings (SSSR count). The summed E-state index contributed by atoms with van der Waals surface area (Å²) in [6.45, 7) is 0.474. The predicted molar refractivity (Wildman–Crippen MR) is 105 cm³/mol. The van der Waals surface area contributed by atoms with Crippen molar-refractivity contribution >= 4 is 38.8 Å². The summed E-state index contributed by atoms with van der Waals surface area (Å²) in [5, 5.41) is 0.914. The average molecular weight is 382 g/mol. The summed E-state index contributed by atoms with van der Waals surface area (Å²) in [4.78, 5) is 20.6. The second-order valence-corrected chi connectivity index (χ2v) is 8.11. The van der Waals surface area contributed by atoms with Gasteiger partial charge in [-0.05, 0) is 42.0 Å². The molecule has 2 heterocycles. The van der Waals surface area contributed by atoms with Gasteiger partial charge in [-0.3, -0.25) is 4.79 Å². The first-order chi connectivity index (χ1) is 12.6. The minimum absolute atomic E-state index is 0.0392. The summed E-state index contributed by atoms with van der Waals surface area (Å²) in [7, 11) is 1.78. The second-order valence-electron chi connectivity index (χ2n) is 5.91. The molecule has 0 bridgehead atoms. The minimum Gasteiger partial charge on any atom is -0.334 e. The molecule has 0 atom stereocenters. The van der Waals surface area contributed by atoms with Crippen LogP contribution in [-0.2, 0) is 6.54 Å². The number of benzene rings is 2. The van der Waals surface area contributed by atoms with Crippen LogP contribution >= 0.6 is 22.7 Å². The van der Waals surface area contributed by atoms with E-state index in [9.17, 15) is 9.18 Å². The van der Waals surface area contributed by atoms with E-state index in [0.717, 1.165) is 25.7 Å². The number of thiophene rings is 1. The van der Waals surface area contributed by atoms with E-state index in [0.29, 0.717) is 11.4 Å². The van der Waals surface area contributed by atoms with Gasteiger partial charge in [-0.25, -0.2) is 9.37 Å². The van der Waals surface area contributed by atoms with Crippen LogP contribution < -0.4 is 0 Å². The van der Waals surface area contributed by atoms with Crippen molar-refractivity contribution in [1.82, 2.24) is 9.88 Å². The van der Waals surface area contributed by atoms with Gasteiger partial charge >= 0.3 is 0 Å². The van der Waals surface area contributed by atoms with Crippen molar-refractivity contribution in [2.24, 2.45) is 0 Å². The highest BCUT2D eigenvalue weighted by molar-refractivity contribution is 7.18. The number of hydrogen-bond acceptors (Lipinski definition) is 4. The van der Waals surface area contributed by atoms with Crippen LogP contribution in [0.3, 0.4) is 0 Å². The number of halogens is 1. The van der Waals surface area contributed by atoms with E-state index in [-0.39, 0.29) is 11.7 Å². The van der Waals surface area contributed by atoms with Crippen molar-refractivity contribution in [3.05, 3.63) is 76.4 Å². The number of nitrogens with zero attached hydrogens (tertiary/aromatic N) is 2. The van der Waals surface area contributed by atoms with Gasteiger partial charge in [0.15, 0.2) is 0 Å². The zero-order chi connectivity index (χ0) is 18.1. The lowest BCUT2D eigenvalue weighted by molar-refractivity contribution is 0.0790. The van der Waals surface area contributed by atoms with Gasteiger partial charge in [-0.15, -0.1) is 22.7 Å². The largest absolute Gasteiger partial charge is 0.334 e. The van der Waals surface area contributed by atoms with E-state index in [1.165, 1.54) is 23.5 Å². The van der Waals surface area contributed by atoms with Crippen LogP contribution in [0.15, 0.2) is 60.7 Å². The molecule has 0 aliphatic heterocycles. The molecule has 1 amide bonds. The molecule has 2 aromatic heterocycles. The highest BCUT2D eigenvalue weighted by Crippen LogP contribution is 2.29. The number of rotatable bonds is 4. The molecule has 0 saturated heterocycles. The molecule has 6 heteroatoms. The van der Waals surface area contributed by atoms with E-state index in [1.54, 1.807) is 35.4 Å². The Morgan fingerprint density at radius 2 is 1.81 bits per heavy atom. The molecular formula is C20H15FN2OS2. The van der Waals surface area contributed by atoms with E-state index >= 15 is 0 Å². The first-order valence-electron chi connectivity index (χ1n) is 8.06. The van der Waals surface area contributed by atoms with Gasteiger partial charge in [-0.1, -0.05) is 24.3 Å². The minimum atomic E-state index is -0.267. The highest BCUT2D eigenvalue weighted by Gasteiger charge is 2.16. The molecule has 0 aliphatic carbocycles. The summed E-state index contributed by atoms with van der Waals surface area (Å²) < 4.78 is 14.2. The molecule has 26 heavy (non-hydrogen) atoms. The lowest BCUT2D eigenvalue weighted by Gasteiger charge is -2.14. The summed E-state index contributed by atoms with van der Waals surface area (Å²) in [5.41, 5.74) is 1.87. The van der Waals surface area contributed by atoms with E-state index in [4.69, 9.17) is 0 Å². The topological polar surface area (TPSA) is 33.2 Å². The molecule has 130 valence electrons. The zero-order valence-corrected chi connectivity index (χ0v) is 15.6. The van der Waals surface area contributed by atoms with Crippen molar-refractivity contribution in [1.29, 1.82) is 0 Å². The van der Waals surface area contributed by atoms with Crippen molar-refractivity contribution in [2.75, 3.05) is 7.05 Å². The molecule has 0 saturated carbocycles. The maximum atomic E-state index is 13.1. The number of aromatic nitrogens is 1. The highest BCUT2D eigenvalue weighted by atomic mass is 32.1. The molecule has 0 spiro atoms. The van der Waals surface area contributed by atoms with Gasteiger partial charge in [0.1, 0.15) is 10.8 Å². The van der Waals surface area contributed by atoms with Gasteiger partial charge < -0.3 is 4.90 Å². The monoisotopic (exact) mass is 382 g/mol. The maximum absolute atomic E-state index is 13.1. The standard InChI is InChI=1S/C20H15FN2OS2/c1-23(12-19-22-15-4-2-3-5-17(15)26-19)20(24)18-11-10-16(25-18)13-6-8-14(21)9-7-13/h2-11H,12H2,1H3. The molecule has 0 N–H and O–H groups in total.